The van der Waals surface area contributed by atoms with Crippen LogP contribution in [0.3, 0.4) is 0 Å². The van der Waals surface area contributed by atoms with Gasteiger partial charge in [-0.25, -0.2) is 0 Å². The third kappa shape index (κ3) is 3.46. The molecule has 0 radical (unpaired) electrons. The standard InChI is InChI=1S/C15H21BrN4/c1-4-17-14(15-13(16)7-6-8-18-15)10-12-9-11(3)19-20(12)5-2/h6-9,14,17H,4-5,10H2,1-3H3. The van der Waals surface area contributed by atoms with Crippen LogP contribution in [-0.2, 0) is 13.0 Å². The molecule has 2 aromatic heterocycles. The lowest BCUT2D eigenvalue weighted by molar-refractivity contribution is 0.505. The highest BCUT2D eigenvalue weighted by atomic mass is 79.9. The zero-order chi connectivity index (χ0) is 14.5. The van der Waals surface area contributed by atoms with Crippen molar-refractivity contribution >= 4 is 15.9 Å². The summed E-state index contributed by atoms with van der Waals surface area (Å²) in [5.41, 5.74) is 3.36. The van der Waals surface area contributed by atoms with E-state index in [0.29, 0.717) is 0 Å². The van der Waals surface area contributed by atoms with E-state index in [1.807, 2.05) is 25.3 Å². The van der Waals surface area contributed by atoms with Gasteiger partial charge in [-0.15, -0.1) is 0 Å². The summed E-state index contributed by atoms with van der Waals surface area (Å²) in [5, 5.41) is 8.03. The quantitative estimate of drug-likeness (QED) is 0.880. The predicted molar refractivity (Wildman–Crippen MR) is 84.7 cm³/mol. The number of aromatic nitrogens is 3. The lowest BCUT2D eigenvalue weighted by atomic mass is 10.1. The van der Waals surface area contributed by atoms with Crippen molar-refractivity contribution in [2.24, 2.45) is 0 Å². The van der Waals surface area contributed by atoms with E-state index in [9.17, 15) is 0 Å². The van der Waals surface area contributed by atoms with Crippen LogP contribution < -0.4 is 5.32 Å². The number of nitrogens with zero attached hydrogens (tertiary/aromatic N) is 3. The second-order valence-corrected chi connectivity index (χ2v) is 5.63. The van der Waals surface area contributed by atoms with Gasteiger partial charge in [0.1, 0.15) is 0 Å². The lowest BCUT2D eigenvalue weighted by Gasteiger charge is -2.19. The van der Waals surface area contributed by atoms with Crippen molar-refractivity contribution in [1.29, 1.82) is 0 Å². The molecule has 0 saturated heterocycles. The zero-order valence-corrected chi connectivity index (χ0v) is 13.8. The van der Waals surface area contributed by atoms with Crippen LogP contribution in [0.2, 0.25) is 0 Å². The number of nitrogens with one attached hydrogen (secondary N) is 1. The molecule has 0 amide bonds. The monoisotopic (exact) mass is 336 g/mol. The molecule has 20 heavy (non-hydrogen) atoms. The average Bonchev–Trinajstić information content (AvgIpc) is 2.79. The topological polar surface area (TPSA) is 42.7 Å². The number of halogens is 1. The van der Waals surface area contributed by atoms with Gasteiger partial charge in [-0.05, 0) is 54.5 Å². The van der Waals surface area contributed by atoms with Gasteiger partial charge >= 0.3 is 0 Å². The number of hydrogen-bond donors (Lipinski definition) is 1. The molecule has 1 unspecified atom stereocenters. The van der Waals surface area contributed by atoms with Crippen LogP contribution in [-0.4, -0.2) is 21.3 Å². The van der Waals surface area contributed by atoms with Crippen LogP contribution >= 0.6 is 15.9 Å². The maximum Gasteiger partial charge on any atom is 0.0718 e. The van der Waals surface area contributed by atoms with E-state index in [0.717, 1.165) is 35.4 Å². The first-order valence-corrected chi connectivity index (χ1v) is 7.82. The summed E-state index contributed by atoms with van der Waals surface area (Å²) in [6.07, 6.45) is 2.73. The smallest absolute Gasteiger partial charge is 0.0718 e. The van der Waals surface area contributed by atoms with Crippen LogP contribution in [0.1, 0.15) is 37.0 Å². The first-order chi connectivity index (χ1) is 9.65. The summed E-state index contributed by atoms with van der Waals surface area (Å²) in [7, 11) is 0. The van der Waals surface area contributed by atoms with E-state index in [-0.39, 0.29) is 6.04 Å². The highest BCUT2D eigenvalue weighted by Crippen LogP contribution is 2.24. The molecule has 0 aliphatic rings. The molecule has 5 heteroatoms. The number of hydrogen-bond acceptors (Lipinski definition) is 3. The van der Waals surface area contributed by atoms with Crippen molar-refractivity contribution in [2.75, 3.05) is 6.54 Å². The Hall–Kier alpha value is -1.20. The summed E-state index contributed by atoms with van der Waals surface area (Å²) in [6, 6.07) is 6.33. The minimum atomic E-state index is 0.192. The highest BCUT2D eigenvalue weighted by molar-refractivity contribution is 9.10. The van der Waals surface area contributed by atoms with E-state index in [4.69, 9.17) is 0 Å². The Morgan fingerprint density at radius 3 is 2.85 bits per heavy atom. The fraction of sp³-hybridized carbons (Fsp3) is 0.467. The SMILES string of the molecule is CCNC(Cc1cc(C)nn1CC)c1ncccc1Br. The molecule has 0 aliphatic heterocycles. The van der Waals surface area contributed by atoms with Crippen molar-refractivity contribution in [3.8, 4) is 0 Å². The first-order valence-electron chi connectivity index (χ1n) is 7.02. The molecular formula is C15H21BrN4. The predicted octanol–water partition coefficient (Wildman–Crippen LogP) is 3.26. The number of pyridine rings is 1. The van der Waals surface area contributed by atoms with Gasteiger partial charge in [0.2, 0.25) is 0 Å². The van der Waals surface area contributed by atoms with Gasteiger partial charge in [0.15, 0.2) is 0 Å². The summed E-state index contributed by atoms with van der Waals surface area (Å²) in [5.74, 6) is 0. The Morgan fingerprint density at radius 2 is 2.20 bits per heavy atom. The van der Waals surface area contributed by atoms with Gasteiger partial charge in [-0.3, -0.25) is 9.67 Å². The van der Waals surface area contributed by atoms with Crippen molar-refractivity contribution in [3.63, 3.8) is 0 Å². The third-order valence-electron chi connectivity index (χ3n) is 3.27. The fourth-order valence-electron chi connectivity index (χ4n) is 2.41. The second-order valence-electron chi connectivity index (χ2n) is 4.78. The van der Waals surface area contributed by atoms with E-state index in [1.54, 1.807) is 0 Å². The minimum Gasteiger partial charge on any atom is -0.309 e. The number of rotatable bonds is 6. The Bertz CT molecular complexity index is 565. The second kappa shape index (κ2) is 6.99. The van der Waals surface area contributed by atoms with Gasteiger partial charge in [-0.1, -0.05) is 6.92 Å². The first kappa shape index (κ1) is 15.2. The normalized spacial score (nSPS) is 12.6. The molecule has 2 aromatic rings. The molecule has 0 aromatic carbocycles. The van der Waals surface area contributed by atoms with E-state index < -0.39 is 0 Å². The number of likely N-dealkylation sites (N-methyl/N-ethyl adjacent to an activating group) is 1. The van der Waals surface area contributed by atoms with E-state index in [1.165, 1.54) is 5.69 Å². The van der Waals surface area contributed by atoms with Crippen molar-refractivity contribution < 1.29 is 0 Å². The summed E-state index contributed by atoms with van der Waals surface area (Å²) < 4.78 is 3.11. The van der Waals surface area contributed by atoms with Gasteiger partial charge in [0.25, 0.3) is 0 Å². The average molecular weight is 337 g/mol. The van der Waals surface area contributed by atoms with E-state index in [2.05, 4.69) is 55.9 Å². The molecule has 0 saturated carbocycles. The Balaban J connectivity index is 2.28. The Morgan fingerprint density at radius 1 is 1.40 bits per heavy atom. The van der Waals surface area contributed by atoms with Crippen LogP contribution in [0.15, 0.2) is 28.9 Å². The van der Waals surface area contributed by atoms with Gasteiger partial charge < -0.3 is 5.32 Å². The molecule has 0 fully saturated rings. The molecule has 2 heterocycles. The lowest BCUT2D eigenvalue weighted by Crippen LogP contribution is -2.25. The fourth-order valence-corrected chi connectivity index (χ4v) is 2.94. The van der Waals surface area contributed by atoms with E-state index >= 15 is 0 Å². The van der Waals surface area contributed by atoms with Crippen LogP contribution in [0, 0.1) is 6.92 Å². The third-order valence-corrected chi connectivity index (χ3v) is 3.94. The minimum absolute atomic E-state index is 0.192. The highest BCUT2D eigenvalue weighted by Gasteiger charge is 2.17. The Kier molecular flexibility index (Phi) is 5.31. The van der Waals surface area contributed by atoms with Gasteiger partial charge in [0, 0.05) is 29.3 Å². The molecule has 4 nitrogen and oxygen atoms in total. The molecule has 0 aliphatic carbocycles. The van der Waals surface area contributed by atoms with Gasteiger partial charge in [0.05, 0.1) is 17.4 Å². The van der Waals surface area contributed by atoms with Gasteiger partial charge in [-0.2, -0.15) is 5.10 Å². The summed E-state index contributed by atoms with van der Waals surface area (Å²) in [4.78, 5) is 4.52. The van der Waals surface area contributed by atoms with Crippen molar-refractivity contribution in [3.05, 3.63) is 46.0 Å². The number of aryl methyl sites for hydroxylation is 2. The molecule has 108 valence electrons. The molecule has 1 atom stereocenters. The molecule has 0 spiro atoms. The molecule has 2 rings (SSSR count). The molecular weight excluding hydrogens is 316 g/mol. The largest absolute Gasteiger partial charge is 0.309 e. The summed E-state index contributed by atoms with van der Waals surface area (Å²) in [6.45, 7) is 8.08. The maximum atomic E-state index is 4.52. The van der Waals surface area contributed by atoms with Crippen molar-refractivity contribution in [1.82, 2.24) is 20.1 Å². The zero-order valence-electron chi connectivity index (χ0n) is 12.2. The van der Waals surface area contributed by atoms with Crippen LogP contribution in [0.25, 0.3) is 0 Å². The molecule has 0 bridgehead atoms. The molecule has 1 N–H and O–H groups in total. The maximum absolute atomic E-state index is 4.52. The van der Waals surface area contributed by atoms with Crippen LogP contribution in [0.5, 0.6) is 0 Å². The summed E-state index contributed by atoms with van der Waals surface area (Å²) >= 11 is 3.60. The van der Waals surface area contributed by atoms with Crippen molar-refractivity contribution in [2.45, 2.75) is 39.8 Å². The Labute approximate surface area is 128 Å². The van der Waals surface area contributed by atoms with Crippen LogP contribution in [0.4, 0.5) is 0 Å².